The van der Waals surface area contributed by atoms with E-state index < -0.39 is 0 Å². The third kappa shape index (κ3) is 2.92. The molecule has 0 aromatic heterocycles. The van der Waals surface area contributed by atoms with Crippen LogP contribution in [0.15, 0.2) is 42.5 Å². The van der Waals surface area contributed by atoms with Gasteiger partial charge in [-0.1, -0.05) is 29.8 Å². The number of nitrogens with one attached hydrogen (secondary N) is 1. The van der Waals surface area contributed by atoms with E-state index in [9.17, 15) is 4.79 Å². The molecule has 3 rings (SSSR count). The fraction of sp³-hybridized carbons (Fsp3) is 0.278. The lowest BCUT2D eigenvalue weighted by Gasteiger charge is -2.12. The fourth-order valence-electron chi connectivity index (χ4n) is 2.80. The summed E-state index contributed by atoms with van der Waals surface area (Å²) >= 11 is 0. The molecule has 0 bridgehead atoms. The maximum atomic E-state index is 12.1. The van der Waals surface area contributed by atoms with Crippen LogP contribution in [0.1, 0.15) is 27.0 Å². The van der Waals surface area contributed by atoms with Crippen molar-refractivity contribution in [3.63, 3.8) is 0 Å². The van der Waals surface area contributed by atoms with Crippen molar-refractivity contribution in [2.45, 2.75) is 19.9 Å². The van der Waals surface area contributed by atoms with Crippen molar-refractivity contribution >= 4 is 11.6 Å². The van der Waals surface area contributed by atoms with Crippen LogP contribution in [0.4, 0.5) is 5.69 Å². The number of aryl methyl sites for hydroxylation is 1. The standard InChI is InChI=1S/C18H20N2O/c1-13-4-3-5-16(10-13)18(21)19-12-14-6-7-17-15(11-14)8-9-20(17)2/h3-7,10-11H,8-9,12H2,1-2H3,(H,19,21). The largest absolute Gasteiger partial charge is 0.374 e. The molecular formula is C18H20N2O. The number of carbonyl (C=O) groups is 1. The van der Waals surface area contributed by atoms with E-state index in [1.165, 1.54) is 11.3 Å². The number of anilines is 1. The quantitative estimate of drug-likeness (QED) is 0.937. The smallest absolute Gasteiger partial charge is 0.251 e. The third-order valence-corrected chi connectivity index (χ3v) is 4.01. The van der Waals surface area contributed by atoms with Gasteiger partial charge < -0.3 is 10.2 Å². The minimum absolute atomic E-state index is 0.0173. The van der Waals surface area contributed by atoms with Crippen LogP contribution in [0, 0.1) is 6.92 Å². The lowest BCUT2D eigenvalue weighted by Crippen LogP contribution is -2.22. The van der Waals surface area contributed by atoms with Gasteiger partial charge in [-0.05, 0) is 42.7 Å². The number of amides is 1. The molecule has 1 amide bonds. The van der Waals surface area contributed by atoms with Gasteiger partial charge in [0.1, 0.15) is 0 Å². The molecule has 3 nitrogen and oxygen atoms in total. The summed E-state index contributed by atoms with van der Waals surface area (Å²) in [6.07, 6.45) is 1.09. The first-order valence-corrected chi connectivity index (χ1v) is 7.31. The predicted molar refractivity (Wildman–Crippen MR) is 85.8 cm³/mol. The molecule has 0 aliphatic carbocycles. The van der Waals surface area contributed by atoms with Gasteiger partial charge in [-0.25, -0.2) is 0 Å². The molecule has 1 heterocycles. The van der Waals surface area contributed by atoms with Gasteiger partial charge in [-0.3, -0.25) is 4.79 Å². The van der Waals surface area contributed by atoms with Crippen molar-refractivity contribution in [3.05, 3.63) is 64.7 Å². The van der Waals surface area contributed by atoms with Gasteiger partial charge in [-0.2, -0.15) is 0 Å². The maximum Gasteiger partial charge on any atom is 0.251 e. The van der Waals surface area contributed by atoms with Crippen molar-refractivity contribution in [3.8, 4) is 0 Å². The number of hydrogen-bond acceptors (Lipinski definition) is 2. The zero-order valence-electron chi connectivity index (χ0n) is 12.5. The minimum atomic E-state index is -0.0173. The maximum absolute atomic E-state index is 12.1. The van der Waals surface area contributed by atoms with Crippen molar-refractivity contribution in [1.29, 1.82) is 0 Å². The third-order valence-electron chi connectivity index (χ3n) is 4.01. The first-order chi connectivity index (χ1) is 10.1. The van der Waals surface area contributed by atoms with Crippen LogP contribution in [0.2, 0.25) is 0 Å². The molecule has 108 valence electrons. The van der Waals surface area contributed by atoms with Crippen LogP contribution in [-0.4, -0.2) is 19.5 Å². The highest BCUT2D eigenvalue weighted by molar-refractivity contribution is 5.94. The Morgan fingerprint density at radius 2 is 2.10 bits per heavy atom. The van der Waals surface area contributed by atoms with Crippen LogP contribution in [-0.2, 0) is 13.0 Å². The van der Waals surface area contributed by atoms with E-state index in [0.29, 0.717) is 6.54 Å². The van der Waals surface area contributed by atoms with Crippen molar-refractivity contribution < 1.29 is 4.79 Å². The van der Waals surface area contributed by atoms with Crippen LogP contribution in [0.3, 0.4) is 0 Å². The Balaban J connectivity index is 1.67. The van der Waals surface area contributed by atoms with Crippen LogP contribution < -0.4 is 10.2 Å². The van der Waals surface area contributed by atoms with E-state index in [0.717, 1.165) is 29.7 Å². The van der Waals surface area contributed by atoms with Gasteiger partial charge in [-0.15, -0.1) is 0 Å². The first kappa shape index (κ1) is 13.7. The van der Waals surface area contributed by atoms with Crippen molar-refractivity contribution in [2.24, 2.45) is 0 Å². The molecular weight excluding hydrogens is 260 g/mol. The average Bonchev–Trinajstić information content (AvgIpc) is 2.86. The molecule has 2 aromatic carbocycles. The molecule has 0 saturated heterocycles. The molecule has 2 aromatic rings. The van der Waals surface area contributed by atoms with Gasteiger partial charge in [0.15, 0.2) is 0 Å². The molecule has 0 radical (unpaired) electrons. The van der Waals surface area contributed by atoms with Crippen LogP contribution >= 0.6 is 0 Å². The second-order valence-corrected chi connectivity index (χ2v) is 5.69. The molecule has 1 N–H and O–H groups in total. The predicted octanol–water partition coefficient (Wildman–Crippen LogP) is 2.92. The Bertz CT molecular complexity index is 679. The second-order valence-electron chi connectivity index (χ2n) is 5.69. The molecule has 3 heteroatoms. The summed E-state index contributed by atoms with van der Waals surface area (Å²) in [5, 5.41) is 2.99. The Hall–Kier alpha value is -2.29. The molecule has 1 aliphatic heterocycles. The number of rotatable bonds is 3. The summed E-state index contributed by atoms with van der Waals surface area (Å²) in [5.74, 6) is -0.0173. The topological polar surface area (TPSA) is 32.3 Å². The molecule has 21 heavy (non-hydrogen) atoms. The molecule has 0 atom stereocenters. The lowest BCUT2D eigenvalue weighted by atomic mass is 10.1. The summed E-state index contributed by atoms with van der Waals surface area (Å²) < 4.78 is 0. The van der Waals surface area contributed by atoms with Crippen molar-refractivity contribution in [2.75, 3.05) is 18.5 Å². The van der Waals surface area contributed by atoms with Crippen LogP contribution in [0.25, 0.3) is 0 Å². The van der Waals surface area contributed by atoms with Gasteiger partial charge in [0.25, 0.3) is 5.91 Å². The summed E-state index contributed by atoms with van der Waals surface area (Å²) in [6, 6.07) is 14.1. The average molecular weight is 280 g/mol. The molecule has 0 unspecified atom stereocenters. The first-order valence-electron chi connectivity index (χ1n) is 7.31. The highest BCUT2D eigenvalue weighted by Crippen LogP contribution is 2.27. The highest BCUT2D eigenvalue weighted by Gasteiger charge is 2.15. The Morgan fingerprint density at radius 1 is 1.24 bits per heavy atom. The summed E-state index contributed by atoms with van der Waals surface area (Å²) in [4.78, 5) is 14.4. The minimum Gasteiger partial charge on any atom is -0.374 e. The van der Waals surface area contributed by atoms with Gasteiger partial charge in [0.2, 0.25) is 0 Å². The SMILES string of the molecule is Cc1cccc(C(=O)NCc2ccc3c(c2)CCN3C)c1. The Labute approximate surface area is 125 Å². The Kier molecular flexibility index (Phi) is 3.65. The molecule has 0 spiro atoms. The van der Waals surface area contributed by atoms with E-state index >= 15 is 0 Å². The molecule has 1 aliphatic rings. The zero-order chi connectivity index (χ0) is 14.8. The summed E-state index contributed by atoms with van der Waals surface area (Å²) in [6.45, 7) is 3.64. The van der Waals surface area contributed by atoms with E-state index in [2.05, 4.69) is 35.5 Å². The lowest BCUT2D eigenvalue weighted by molar-refractivity contribution is 0.0951. The number of fused-ring (bicyclic) bond motifs is 1. The van der Waals surface area contributed by atoms with Gasteiger partial charge >= 0.3 is 0 Å². The van der Waals surface area contributed by atoms with Gasteiger partial charge in [0, 0.05) is 31.4 Å². The van der Waals surface area contributed by atoms with Crippen molar-refractivity contribution in [1.82, 2.24) is 5.32 Å². The summed E-state index contributed by atoms with van der Waals surface area (Å²) in [5.41, 5.74) is 5.66. The van der Waals surface area contributed by atoms with Gasteiger partial charge in [0.05, 0.1) is 0 Å². The summed E-state index contributed by atoms with van der Waals surface area (Å²) in [7, 11) is 2.12. The zero-order valence-corrected chi connectivity index (χ0v) is 12.5. The number of nitrogens with zero attached hydrogens (tertiary/aromatic N) is 1. The Morgan fingerprint density at radius 3 is 2.90 bits per heavy atom. The molecule has 0 saturated carbocycles. The van der Waals surface area contributed by atoms with E-state index in [1.807, 2.05) is 31.2 Å². The van der Waals surface area contributed by atoms with Crippen LogP contribution in [0.5, 0.6) is 0 Å². The fourth-order valence-corrected chi connectivity index (χ4v) is 2.80. The number of likely N-dealkylation sites (N-methyl/N-ethyl adjacent to an activating group) is 1. The number of benzene rings is 2. The molecule has 0 fully saturated rings. The number of carbonyl (C=O) groups excluding carboxylic acids is 1. The normalized spacial score (nSPS) is 13.1. The highest BCUT2D eigenvalue weighted by atomic mass is 16.1. The van der Waals surface area contributed by atoms with E-state index in [1.54, 1.807) is 0 Å². The number of hydrogen-bond donors (Lipinski definition) is 1. The second kappa shape index (κ2) is 5.60. The van der Waals surface area contributed by atoms with E-state index in [4.69, 9.17) is 0 Å². The van der Waals surface area contributed by atoms with E-state index in [-0.39, 0.29) is 5.91 Å². The monoisotopic (exact) mass is 280 g/mol.